The van der Waals surface area contributed by atoms with Crippen LogP contribution < -0.4 is 10.5 Å². The number of ether oxygens (including phenoxy) is 2. The van der Waals surface area contributed by atoms with Crippen LogP contribution in [0.5, 0.6) is 11.5 Å². The van der Waals surface area contributed by atoms with Crippen molar-refractivity contribution < 1.29 is 14.3 Å². The molecule has 0 atom stereocenters. The lowest BCUT2D eigenvalue weighted by molar-refractivity contribution is 0.0595. The molecule has 4 aromatic rings. The van der Waals surface area contributed by atoms with Crippen molar-refractivity contribution >= 4 is 23.0 Å². The van der Waals surface area contributed by atoms with Gasteiger partial charge in [-0.1, -0.05) is 6.07 Å². The first-order valence-corrected chi connectivity index (χ1v) is 9.51. The van der Waals surface area contributed by atoms with Crippen LogP contribution >= 0.6 is 11.3 Å². The van der Waals surface area contributed by atoms with Crippen molar-refractivity contribution in [1.29, 1.82) is 0 Å². The molecule has 0 spiro atoms. The Bertz CT molecular complexity index is 1100. The number of rotatable bonds is 5. The van der Waals surface area contributed by atoms with Crippen molar-refractivity contribution in [2.75, 3.05) is 12.8 Å². The lowest BCUT2D eigenvalue weighted by Gasteiger charge is -2.12. The third-order valence-corrected chi connectivity index (χ3v) is 5.19. The molecule has 4 rings (SSSR count). The topological polar surface area (TPSA) is 77.3 Å². The smallest absolute Gasteiger partial charge is 0.354 e. The minimum Gasteiger partial charge on any atom is -0.464 e. The summed E-state index contributed by atoms with van der Waals surface area (Å²) in [6.07, 6.45) is 0. The quantitative estimate of drug-likeness (QED) is 0.345. The van der Waals surface area contributed by atoms with E-state index in [-0.39, 0.29) is 0 Å². The van der Waals surface area contributed by atoms with Gasteiger partial charge in [-0.3, -0.25) is 0 Å². The van der Waals surface area contributed by atoms with E-state index in [1.807, 2.05) is 42.5 Å². The molecule has 0 fully saturated rings. The maximum absolute atomic E-state index is 11.7. The fourth-order valence-electron chi connectivity index (χ4n) is 2.89. The number of hydrogen-bond acceptors (Lipinski definition) is 5. The summed E-state index contributed by atoms with van der Waals surface area (Å²) in [5, 5.41) is 2.05. The second-order valence-electron chi connectivity index (χ2n) is 6.14. The summed E-state index contributed by atoms with van der Waals surface area (Å²) in [5.74, 6) is 0.921. The molecule has 0 bridgehead atoms. The van der Waals surface area contributed by atoms with Gasteiger partial charge >= 0.3 is 5.97 Å². The number of aromatic nitrogens is 1. The molecule has 140 valence electrons. The number of thiophene rings is 1. The van der Waals surface area contributed by atoms with Gasteiger partial charge in [0.15, 0.2) is 0 Å². The van der Waals surface area contributed by atoms with Crippen molar-refractivity contribution in [3.05, 3.63) is 77.8 Å². The van der Waals surface area contributed by atoms with Gasteiger partial charge in [0.2, 0.25) is 0 Å². The van der Waals surface area contributed by atoms with Crippen LogP contribution in [0.2, 0.25) is 0 Å². The van der Waals surface area contributed by atoms with Crippen LogP contribution in [0.25, 0.3) is 21.7 Å². The Labute approximate surface area is 166 Å². The van der Waals surface area contributed by atoms with Crippen LogP contribution in [-0.2, 0) is 4.74 Å². The SMILES string of the molecule is COC(=O)c1ccc(-c2cc(N)ccc2Oc2ccc(-c3cccs3)cc2)[nH]1. The Balaban J connectivity index is 1.63. The monoisotopic (exact) mass is 390 g/mol. The Morgan fingerprint density at radius 2 is 1.86 bits per heavy atom. The van der Waals surface area contributed by atoms with E-state index in [0.29, 0.717) is 22.9 Å². The second-order valence-corrected chi connectivity index (χ2v) is 7.08. The second kappa shape index (κ2) is 7.62. The molecule has 0 unspecified atom stereocenters. The van der Waals surface area contributed by atoms with Crippen molar-refractivity contribution in [1.82, 2.24) is 4.98 Å². The normalized spacial score (nSPS) is 10.6. The van der Waals surface area contributed by atoms with E-state index in [4.69, 9.17) is 15.2 Å². The number of methoxy groups -OCH3 is 1. The predicted molar refractivity (Wildman–Crippen MR) is 112 cm³/mol. The van der Waals surface area contributed by atoms with Gasteiger partial charge in [0.25, 0.3) is 0 Å². The Morgan fingerprint density at radius 1 is 1.04 bits per heavy atom. The molecule has 2 aromatic carbocycles. The molecule has 5 nitrogen and oxygen atoms in total. The van der Waals surface area contributed by atoms with Crippen LogP contribution in [0.1, 0.15) is 10.5 Å². The summed E-state index contributed by atoms with van der Waals surface area (Å²) in [4.78, 5) is 16.0. The molecule has 0 aliphatic rings. The number of aromatic amines is 1. The minimum atomic E-state index is -0.429. The molecular weight excluding hydrogens is 372 g/mol. The molecule has 28 heavy (non-hydrogen) atoms. The highest BCUT2D eigenvalue weighted by Crippen LogP contribution is 2.35. The van der Waals surface area contributed by atoms with E-state index in [2.05, 4.69) is 16.4 Å². The molecule has 3 N–H and O–H groups in total. The number of esters is 1. The zero-order valence-corrected chi connectivity index (χ0v) is 16.0. The van der Waals surface area contributed by atoms with E-state index in [1.54, 1.807) is 29.5 Å². The Kier molecular flexibility index (Phi) is 4.87. The van der Waals surface area contributed by atoms with Gasteiger partial charge in [0.05, 0.1) is 7.11 Å². The van der Waals surface area contributed by atoms with E-state index in [0.717, 1.165) is 16.8 Å². The number of nitrogen functional groups attached to an aromatic ring is 1. The number of hydrogen-bond donors (Lipinski definition) is 2. The number of nitrogens with one attached hydrogen (secondary N) is 1. The maximum Gasteiger partial charge on any atom is 0.354 e. The fraction of sp³-hybridized carbons (Fsp3) is 0.0455. The third kappa shape index (κ3) is 3.63. The fourth-order valence-corrected chi connectivity index (χ4v) is 3.62. The highest BCUT2D eigenvalue weighted by atomic mass is 32.1. The van der Waals surface area contributed by atoms with Gasteiger partial charge in [-0.15, -0.1) is 11.3 Å². The molecule has 2 aromatic heterocycles. The molecule has 0 aliphatic heterocycles. The van der Waals surface area contributed by atoms with E-state index in [9.17, 15) is 4.79 Å². The number of H-pyrrole nitrogens is 1. The average molecular weight is 390 g/mol. The Hall–Kier alpha value is -3.51. The van der Waals surface area contributed by atoms with Crippen LogP contribution in [0.4, 0.5) is 5.69 Å². The number of carbonyl (C=O) groups excluding carboxylic acids is 1. The average Bonchev–Trinajstić information content (AvgIpc) is 3.41. The van der Waals surface area contributed by atoms with E-state index < -0.39 is 5.97 Å². The maximum atomic E-state index is 11.7. The lowest BCUT2D eigenvalue weighted by Crippen LogP contribution is -2.01. The predicted octanol–water partition coefficient (Wildman–Crippen LogP) is 5.57. The first-order valence-electron chi connectivity index (χ1n) is 8.63. The number of anilines is 1. The first-order chi connectivity index (χ1) is 13.6. The van der Waals surface area contributed by atoms with Gasteiger partial charge in [-0.2, -0.15) is 0 Å². The van der Waals surface area contributed by atoms with E-state index >= 15 is 0 Å². The van der Waals surface area contributed by atoms with Crippen molar-refractivity contribution in [2.45, 2.75) is 0 Å². The zero-order chi connectivity index (χ0) is 19.5. The molecule has 0 amide bonds. The number of nitrogens with two attached hydrogens (primary N) is 1. The van der Waals surface area contributed by atoms with Crippen molar-refractivity contribution in [2.24, 2.45) is 0 Å². The highest BCUT2D eigenvalue weighted by molar-refractivity contribution is 7.13. The molecule has 6 heteroatoms. The number of benzene rings is 2. The summed E-state index contributed by atoms with van der Waals surface area (Å²) in [7, 11) is 1.34. The molecule has 0 saturated heterocycles. The number of carbonyl (C=O) groups is 1. The molecule has 0 radical (unpaired) electrons. The molecule has 0 saturated carbocycles. The van der Waals surface area contributed by atoms with Crippen LogP contribution in [0, 0.1) is 0 Å². The van der Waals surface area contributed by atoms with Crippen LogP contribution in [0.3, 0.4) is 0 Å². The van der Waals surface area contributed by atoms with Gasteiger partial charge in [-0.25, -0.2) is 4.79 Å². The lowest BCUT2D eigenvalue weighted by atomic mass is 10.1. The molecular formula is C22H18N2O3S. The summed E-state index contributed by atoms with van der Waals surface area (Å²) >= 11 is 1.70. The zero-order valence-electron chi connectivity index (χ0n) is 15.1. The summed E-state index contributed by atoms with van der Waals surface area (Å²) in [6, 6.07) is 20.9. The Morgan fingerprint density at radius 3 is 2.57 bits per heavy atom. The largest absolute Gasteiger partial charge is 0.464 e. The minimum absolute atomic E-state index is 0.367. The highest BCUT2D eigenvalue weighted by Gasteiger charge is 2.14. The summed E-state index contributed by atoms with van der Waals surface area (Å²) in [5.41, 5.74) is 9.56. The van der Waals surface area contributed by atoms with E-state index in [1.165, 1.54) is 12.0 Å². The van der Waals surface area contributed by atoms with Gasteiger partial charge in [-0.05, 0) is 71.6 Å². The van der Waals surface area contributed by atoms with Gasteiger partial charge in [0, 0.05) is 21.8 Å². The van der Waals surface area contributed by atoms with Crippen LogP contribution in [-0.4, -0.2) is 18.1 Å². The van der Waals surface area contributed by atoms with Gasteiger partial charge < -0.3 is 20.2 Å². The molecule has 0 aliphatic carbocycles. The first kappa shape index (κ1) is 17.9. The standard InChI is InChI=1S/C22H18N2O3S/c1-26-22(25)19-10-9-18(24-19)17-13-15(23)6-11-20(17)27-16-7-4-14(5-8-16)21-3-2-12-28-21/h2-13,24H,23H2,1H3. The van der Waals surface area contributed by atoms with Crippen molar-refractivity contribution in [3.8, 4) is 33.2 Å². The third-order valence-electron chi connectivity index (χ3n) is 4.27. The van der Waals surface area contributed by atoms with Crippen LogP contribution in [0.15, 0.2) is 72.1 Å². The van der Waals surface area contributed by atoms with Gasteiger partial charge in [0.1, 0.15) is 17.2 Å². The molecule has 2 heterocycles. The summed E-state index contributed by atoms with van der Waals surface area (Å²) < 4.78 is 10.9. The summed E-state index contributed by atoms with van der Waals surface area (Å²) in [6.45, 7) is 0. The van der Waals surface area contributed by atoms with Crippen molar-refractivity contribution in [3.63, 3.8) is 0 Å².